The van der Waals surface area contributed by atoms with Gasteiger partial charge in [-0.05, 0) is 83.5 Å². The van der Waals surface area contributed by atoms with Gasteiger partial charge in [-0.2, -0.15) is 0 Å². The number of hydrogen-bond acceptors (Lipinski definition) is 11. The van der Waals surface area contributed by atoms with Crippen molar-refractivity contribution >= 4 is 13.8 Å². The Morgan fingerprint density at radius 3 is 1.48 bits per heavy atom. The summed E-state index contributed by atoms with van der Waals surface area (Å²) in [6, 6.07) is 0. The van der Waals surface area contributed by atoms with Crippen LogP contribution >= 0.6 is 7.82 Å². The van der Waals surface area contributed by atoms with Crippen molar-refractivity contribution in [3.05, 3.63) is 85.1 Å². The van der Waals surface area contributed by atoms with Crippen molar-refractivity contribution < 1.29 is 58.3 Å². The predicted molar refractivity (Wildman–Crippen MR) is 244 cm³/mol. The Morgan fingerprint density at radius 2 is 0.967 bits per heavy atom. The van der Waals surface area contributed by atoms with E-state index in [1.807, 2.05) is 0 Å². The first-order valence-electron chi connectivity index (χ1n) is 22.9. The van der Waals surface area contributed by atoms with E-state index in [0.29, 0.717) is 13.0 Å². The van der Waals surface area contributed by atoms with Crippen molar-refractivity contribution in [3.63, 3.8) is 0 Å². The smallest absolute Gasteiger partial charge is 0.457 e. The van der Waals surface area contributed by atoms with Crippen molar-refractivity contribution in [1.29, 1.82) is 0 Å². The topological polar surface area (TPSA) is 192 Å². The van der Waals surface area contributed by atoms with E-state index in [4.69, 9.17) is 18.5 Å². The fourth-order valence-electron chi connectivity index (χ4n) is 6.34. The molecule has 1 rings (SSSR count). The highest BCUT2D eigenvalue weighted by molar-refractivity contribution is 7.47. The number of allylic oxidation sites excluding steroid dienone is 14. The van der Waals surface area contributed by atoms with E-state index < -0.39 is 63.1 Å². The van der Waals surface area contributed by atoms with Crippen LogP contribution in [0.5, 0.6) is 0 Å². The molecule has 0 spiro atoms. The molecule has 6 unspecified atom stereocenters. The van der Waals surface area contributed by atoms with Crippen LogP contribution in [0.2, 0.25) is 0 Å². The van der Waals surface area contributed by atoms with Gasteiger partial charge in [-0.25, -0.2) is 4.57 Å². The molecule has 0 amide bonds. The lowest BCUT2D eigenvalue weighted by Gasteiger charge is -2.41. The summed E-state index contributed by atoms with van der Waals surface area (Å²) < 4.78 is 34.1. The van der Waals surface area contributed by atoms with Gasteiger partial charge in [0.1, 0.15) is 42.7 Å². The molecule has 1 saturated carbocycles. The first kappa shape index (κ1) is 56.5. The van der Waals surface area contributed by atoms with Gasteiger partial charge < -0.3 is 39.9 Å². The molecule has 1 aliphatic rings. The Kier molecular flexibility index (Phi) is 35.2. The molecule has 12 nitrogen and oxygen atoms in total. The normalized spacial score (nSPS) is 23.0. The zero-order valence-electron chi connectivity index (χ0n) is 37.2. The Bertz CT molecular complexity index is 1330. The fourth-order valence-corrected chi connectivity index (χ4v) is 7.31. The second-order valence-electron chi connectivity index (χ2n) is 15.5. The van der Waals surface area contributed by atoms with Crippen LogP contribution in [0.1, 0.15) is 149 Å². The lowest BCUT2D eigenvalue weighted by atomic mass is 9.85. The average molecular weight is 881 g/mol. The molecule has 0 saturated heterocycles. The number of rotatable bonds is 37. The summed E-state index contributed by atoms with van der Waals surface area (Å²) in [5.41, 5.74) is 0. The summed E-state index contributed by atoms with van der Waals surface area (Å²) in [5.74, 6) is -0.505. The maximum absolute atomic E-state index is 12.8. The number of ether oxygens (including phenoxy) is 2. The highest BCUT2D eigenvalue weighted by Crippen LogP contribution is 2.47. The van der Waals surface area contributed by atoms with Crippen molar-refractivity contribution in [1.82, 2.24) is 0 Å². The van der Waals surface area contributed by atoms with Crippen molar-refractivity contribution in [2.45, 2.75) is 191 Å². The maximum Gasteiger partial charge on any atom is 0.472 e. The van der Waals surface area contributed by atoms with Gasteiger partial charge in [0.05, 0.1) is 13.2 Å². The average Bonchev–Trinajstić information content (AvgIpc) is 3.24. The molecule has 0 aromatic rings. The number of aliphatic hydroxyl groups is 5. The number of hydrogen-bond donors (Lipinski definition) is 6. The lowest BCUT2D eigenvalue weighted by Crippen LogP contribution is -2.64. The third-order valence-electron chi connectivity index (χ3n) is 10.0. The van der Waals surface area contributed by atoms with E-state index in [0.717, 1.165) is 109 Å². The van der Waals surface area contributed by atoms with Crippen molar-refractivity contribution in [3.8, 4) is 0 Å². The van der Waals surface area contributed by atoms with Crippen LogP contribution in [0.25, 0.3) is 0 Å². The van der Waals surface area contributed by atoms with Crippen LogP contribution in [-0.4, -0.2) is 98.9 Å². The number of unbranched alkanes of at least 4 members (excludes halogenated alkanes) is 11. The number of carbonyl (C=O) groups excluding carboxylic acids is 1. The SMILES string of the molecule is CC/C=C\C/C=C\C/C=C\C/C=C\C/C=C\CCCCCCOCC(COP(=O)(O)OC1C(O)C(O)C(O)C(O)C1O)OC(=O)CCCCCCC/C=C\C/C=C\CCCC. The molecule has 0 heterocycles. The Hall–Kier alpha value is -2.48. The summed E-state index contributed by atoms with van der Waals surface area (Å²) >= 11 is 0. The molecule has 6 atom stereocenters. The van der Waals surface area contributed by atoms with Gasteiger partial charge in [-0.3, -0.25) is 13.8 Å². The molecule has 1 fully saturated rings. The third kappa shape index (κ3) is 30.3. The Morgan fingerprint density at radius 1 is 0.541 bits per heavy atom. The third-order valence-corrected chi connectivity index (χ3v) is 11.0. The van der Waals surface area contributed by atoms with Crippen LogP contribution in [0.4, 0.5) is 0 Å². The molecule has 13 heteroatoms. The first-order chi connectivity index (χ1) is 29.5. The molecule has 1 aliphatic carbocycles. The van der Waals surface area contributed by atoms with Gasteiger partial charge in [0.2, 0.25) is 0 Å². The minimum atomic E-state index is -5.03. The lowest BCUT2D eigenvalue weighted by molar-refractivity contribution is -0.220. The number of phosphoric ester groups is 1. The maximum atomic E-state index is 12.8. The van der Waals surface area contributed by atoms with Gasteiger partial charge >= 0.3 is 13.8 Å². The zero-order chi connectivity index (χ0) is 44.8. The molecular formula is C48H81O12P. The Labute approximate surface area is 367 Å². The molecule has 0 aromatic carbocycles. The quantitative estimate of drug-likeness (QED) is 0.0150. The van der Waals surface area contributed by atoms with Crippen LogP contribution in [0.3, 0.4) is 0 Å². The molecule has 350 valence electrons. The zero-order valence-corrected chi connectivity index (χ0v) is 38.1. The van der Waals surface area contributed by atoms with E-state index >= 15 is 0 Å². The Balaban J connectivity index is 2.43. The summed E-state index contributed by atoms with van der Waals surface area (Å²) in [6.45, 7) is 4.01. The van der Waals surface area contributed by atoms with E-state index in [-0.39, 0.29) is 13.0 Å². The molecule has 0 aromatic heterocycles. The second-order valence-corrected chi connectivity index (χ2v) is 16.9. The van der Waals surface area contributed by atoms with Crippen LogP contribution in [0.15, 0.2) is 85.1 Å². The largest absolute Gasteiger partial charge is 0.472 e. The van der Waals surface area contributed by atoms with Gasteiger partial charge in [0.25, 0.3) is 0 Å². The molecule has 0 radical (unpaired) electrons. The van der Waals surface area contributed by atoms with Gasteiger partial charge in [-0.15, -0.1) is 0 Å². The summed E-state index contributed by atoms with van der Waals surface area (Å²) in [4.78, 5) is 23.1. The van der Waals surface area contributed by atoms with Crippen LogP contribution in [-0.2, 0) is 27.9 Å². The molecular weight excluding hydrogens is 799 g/mol. The molecule has 6 N–H and O–H groups in total. The first-order valence-corrected chi connectivity index (χ1v) is 24.4. The second kappa shape index (κ2) is 38.0. The van der Waals surface area contributed by atoms with E-state index in [2.05, 4.69) is 98.9 Å². The minimum Gasteiger partial charge on any atom is -0.457 e. The summed E-state index contributed by atoms with van der Waals surface area (Å²) in [5, 5.41) is 50.2. The van der Waals surface area contributed by atoms with Crippen molar-refractivity contribution in [2.24, 2.45) is 0 Å². The minimum absolute atomic E-state index is 0.105. The highest BCUT2D eigenvalue weighted by Gasteiger charge is 2.51. The standard InChI is InChI=1S/C48H81O12P/c1-3-5-7-9-11-13-15-17-19-20-21-22-23-24-26-28-30-32-34-36-38-57-39-41(40-58-61(55,56)60-48-46(53)44(51)43(50)45(52)47(48)54)59-42(49)37-35-33-31-29-27-25-18-16-14-12-10-8-6-4-2/h5,7,10-13,16-19,21-22,24,26,41,43-48,50-54H,3-4,6,8-9,14-15,20,23,25,27-40H2,1-2H3,(H,55,56)/b7-5-,12-10-,13-11-,18-16-,19-17-,22-21-,26-24-. The van der Waals surface area contributed by atoms with E-state index in [1.54, 1.807) is 0 Å². The van der Waals surface area contributed by atoms with Crippen molar-refractivity contribution in [2.75, 3.05) is 19.8 Å². The molecule has 61 heavy (non-hydrogen) atoms. The van der Waals surface area contributed by atoms with Gasteiger partial charge in [0, 0.05) is 13.0 Å². The number of esters is 1. The van der Waals surface area contributed by atoms with Crippen LogP contribution < -0.4 is 0 Å². The fraction of sp³-hybridized carbons (Fsp3) is 0.688. The van der Waals surface area contributed by atoms with Crippen LogP contribution in [0, 0.1) is 0 Å². The number of phosphoric acid groups is 1. The monoisotopic (exact) mass is 881 g/mol. The molecule has 0 aliphatic heterocycles. The summed E-state index contributed by atoms with van der Waals surface area (Å²) in [6.07, 6.45) is 37.9. The van der Waals surface area contributed by atoms with E-state index in [9.17, 15) is 39.8 Å². The van der Waals surface area contributed by atoms with Gasteiger partial charge in [-0.1, -0.05) is 144 Å². The highest BCUT2D eigenvalue weighted by atomic mass is 31.2. The number of carbonyl (C=O) groups is 1. The number of aliphatic hydroxyl groups excluding tert-OH is 5. The summed E-state index contributed by atoms with van der Waals surface area (Å²) in [7, 11) is -5.03. The van der Waals surface area contributed by atoms with Gasteiger partial charge in [0.15, 0.2) is 0 Å². The predicted octanol–water partition coefficient (Wildman–Crippen LogP) is 9.36. The van der Waals surface area contributed by atoms with E-state index in [1.165, 1.54) is 12.8 Å². The molecule has 0 bridgehead atoms.